The molecule has 0 spiro atoms. The van der Waals surface area contributed by atoms with Gasteiger partial charge in [0.15, 0.2) is 23.0 Å². The van der Waals surface area contributed by atoms with Gasteiger partial charge in [-0.1, -0.05) is 12.1 Å². The van der Waals surface area contributed by atoms with Crippen LogP contribution in [-0.2, 0) is 10.0 Å². The average molecular weight is 480 g/mol. The lowest BCUT2D eigenvalue weighted by Crippen LogP contribution is -2.28. The van der Waals surface area contributed by atoms with E-state index in [9.17, 15) is 13.2 Å². The van der Waals surface area contributed by atoms with Crippen molar-refractivity contribution in [2.75, 3.05) is 25.2 Å². The minimum atomic E-state index is -3.92. The molecule has 0 bridgehead atoms. The summed E-state index contributed by atoms with van der Waals surface area (Å²) in [5.74, 6) is 1.67. The van der Waals surface area contributed by atoms with Crippen LogP contribution in [0.4, 0.5) is 5.69 Å². The summed E-state index contributed by atoms with van der Waals surface area (Å²) in [6.07, 6.45) is 1.56. The summed E-state index contributed by atoms with van der Waals surface area (Å²) in [4.78, 5) is 12.9. The molecule has 0 radical (unpaired) electrons. The van der Waals surface area contributed by atoms with Gasteiger partial charge in [-0.15, -0.1) is 0 Å². The van der Waals surface area contributed by atoms with Crippen LogP contribution >= 0.6 is 0 Å². The molecule has 0 saturated carbocycles. The van der Waals surface area contributed by atoms with Gasteiger partial charge < -0.3 is 24.3 Å². The largest absolute Gasteiger partial charge is 0.456 e. The highest BCUT2D eigenvalue weighted by molar-refractivity contribution is 7.89. The first kappa shape index (κ1) is 20.8. The third-order valence-corrected chi connectivity index (χ3v) is 7.82. The molecule has 1 fully saturated rings. The number of rotatable bonds is 4. The highest BCUT2D eigenvalue weighted by atomic mass is 32.2. The van der Waals surface area contributed by atoms with Gasteiger partial charge in [0.05, 0.1) is 11.3 Å². The van der Waals surface area contributed by atoms with E-state index in [-0.39, 0.29) is 28.8 Å². The van der Waals surface area contributed by atoms with Crippen LogP contribution < -0.4 is 24.3 Å². The molecule has 10 heteroatoms. The maximum Gasteiger partial charge on any atom is 0.259 e. The molecule has 6 rings (SSSR count). The number of para-hydroxylation sites is 2. The van der Waals surface area contributed by atoms with Crippen molar-refractivity contribution >= 4 is 21.6 Å². The molecule has 34 heavy (non-hydrogen) atoms. The van der Waals surface area contributed by atoms with Crippen LogP contribution in [0.25, 0.3) is 0 Å². The molecule has 3 aliphatic heterocycles. The van der Waals surface area contributed by atoms with Gasteiger partial charge in [-0.2, -0.15) is 4.31 Å². The lowest BCUT2D eigenvalue weighted by Gasteiger charge is -2.20. The number of anilines is 1. The highest BCUT2D eigenvalue weighted by Crippen LogP contribution is 2.43. The number of fused-ring (bicyclic) bond motifs is 3. The Hall–Kier alpha value is -3.76. The molecule has 0 atom stereocenters. The number of ether oxygens (including phenoxy) is 4. The quantitative estimate of drug-likeness (QED) is 0.592. The fourth-order valence-electron chi connectivity index (χ4n) is 4.19. The number of carbonyl (C=O) groups is 1. The zero-order chi connectivity index (χ0) is 23.3. The van der Waals surface area contributed by atoms with Crippen molar-refractivity contribution in [3.8, 4) is 34.5 Å². The number of benzene rings is 3. The van der Waals surface area contributed by atoms with Crippen LogP contribution in [-0.4, -0.2) is 38.5 Å². The molecular weight excluding hydrogens is 460 g/mol. The lowest BCUT2D eigenvalue weighted by atomic mass is 10.1. The van der Waals surface area contributed by atoms with E-state index in [0.29, 0.717) is 41.8 Å². The van der Waals surface area contributed by atoms with Gasteiger partial charge in [-0.05, 0) is 43.2 Å². The van der Waals surface area contributed by atoms with Crippen LogP contribution in [0.2, 0.25) is 0 Å². The van der Waals surface area contributed by atoms with Crippen molar-refractivity contribution in [2.24, 2.45) is 0 Å². The molecule has 1 N–H and O–H groups in total. The summed E-state index contributed by atoms with van der Waals surface area (Å²) in [5.41, 5.74) is 0.595. The molecule has 3 aromatic carbocycles. The first-order valence-electron chi connectivity index (χ1n) is 10.8. The Bertz CT molecular complexity index is 1410. The predicted molar refractivity (Wildman–Crippen MR) is 122 cm³/mol. The van der Waals surface area contributed by atoms with Crippen molar-refractivity contribution in [3.63, 3.8) is 0 Å². The SMILES string of the molecule is O=C1Nc2ccccc2Oc2cc(Oc3ccc4c(c3)OCO4)c(S(=O)(=O)N3CCCC3)cc21. The molecule has 3 aliphatic rings. The summed E-state index contributed by atoms with van der Waals surface area (Å²) in [7, 11) is -3.92. The van der Waals surface area contributed by atoms with Gasteiger partial charge in [0.2, 0.25) is 16.8 Å². The van der Waals surface area contributed by atoms with Gasteiger partial charge >= 0.3 is 0 Å². The van der Waals surface area contributed by atoms with Gasteiger partial charge in [0, 0.05) is 25.2 Å². The standard InChI is InChI=1S/C24H20N2O7S/c27-24-16-12-23(34(28,29)26-9-3-4-10-26)22(32-15-7-8-19-21(11-15)31-14-30-19)13-20(16)33-18-6-2-1-5-17(18)25-24/h1-2,5-8,11-13H,3-4,9-10,14H2,(H,25,27). The molecular formula is C24H20N2O7S. The molecule has 0 aromatic heterocycles. The van der Waals surface area contributed by atoms with Crippen molar-refractivity contribution in [3.05, 3.63) is 60.2 Å². The topological polar surface area (TPSA) is 103 Å². The van der Waals surface area contributed by atoms with Gasteiger partial charge in [0.1, 0.15) is 16.4 Å². The Balaban J connectivity index is 1.48. The van der Waals surface area contributed by atoms with E-state index in [1.165, 1.54) is 16.4 Å². The van der Waals surface area contributed by atoms with Crippen molar-refractivity contribution in [2.45, 2.75) is 17.7 Å². The van der Waals surface area contributed by atoms with Gasteiger partial charge in [0.25, 0.3) is 5.91 Å². The maximum absolute atomic E-state index is 13.6. The zero-order valence-electron chi connectivity index (χ0n) is 17.9. The lowest BCUT2D eigenvalue weighted by molar-refractivity contribution is 0.102. The van der Waals surface area contributed by atoms with Crippen LogP contribution in [0.5, 0.6) is 34.5 Å². The molecule has 0 unspecified atom stereocenters. The zero-order valence-corrected chi connectivity index (χ0v) is 18.8. The number of sulfonamides is 1. The molecule has 174 valence electrons. The second kappa shape index (κ2) is 7.93. The van der Waals surface area contributed by atoms with Crippen LogP contribution in [0, 0.1) is 0 Å². The Morgan fingerprint density at radius 1 is 0.882 bits per heavy atom. The number of amides is 1. The van der Waals surface area contributed by atoms with E-state index < -0.39 is 15.9 Å². The summed E-state index contributed by atoms with van der Waals surface area (Å²) in [6.45, 7) is 0.933. The summed E-state index contributed by atoms with van der Waals surface area (Å²) >= 11 is 0. The molecule has 3 heterocycles. The summed E-state index contributed by atoms with van der Waals surface area (Å²) in [6, 6.07) is 14.7. The Kier molecular flexibility index (Phi) is 4.85. The molecule has 1 saturated heterocycles. The predicted octanol–water partition coefficient (Wildman–Crippen LogP) is 4.35. The molecule has 9 nitrogen and oxygen atoms in total. The van der Waals surface area contributed by atoms with Gasteiger partial charge in [-0.25, -0.2) is 8.42 Å². The second-order valence-electron chi connectivity index (χ2n) is 8.08. The van der Waals surface area contributed by atoms with Crippen LogP contribution in [0.15, 0.2) is 59.5 Å². The second-order valence-corrected chi connectivity index (χ2v) is 9.98. The maximum atomic E-state index is 13.6. The van der Waals surface area contributed by atoms with E-state index in [1.807, 2.05) is 0 Å². The third-order valence-electron chi connectivity index (χ3n) is 5.90. The fourth-order valence-corrected chi connectivity index (χ4v) is 5.83. The normalized spacial score (nSPS) is 16.8. The number of hydrogen-bond donors (Lipinski definition) is 1. The Morgan fingerprint density at radius 2 is 1.68 bits per heavy atom. The first-order chi connectivity index (χ1) is 16.5. The average Bonchev–Trinajstić information content (AvgIpc) is 3.50. The van der Waals surface area contributed by atoms with Crippen molar-refractivity contribution < 1.29 is 32.2 Å². The van der Waals surface area contributed by atoms with Crippen LogP contribution in [0.1, 0.15) is 23.2 Å². The van der Waals surface area contributed by atoms with E-state index in [1.54, 1.807) is 42.5 Å². The number of carbonyl (C=O) groups excluding carboxylic acids is 1. The third kappa shape index (κ3) is 3.51. The van der Waals surface area contributed by atoms with Crippen LogP contribution in [0.3, 0.4) is 0 Å². The van der Waals surface area contributed by atoms with E-state index >= 15 is 0 Å². The number of nitrogens with zero attached hydrogens (tertiary/aromatic N) is 1. The Morgan fingerprint density at radius 3 is 2.53 bits per heavy atom. The minimum absolute atomic E-state index is 0.0525. The highest BCUT2D eigenvalue weighted by Gasteiger charge is 2.34. The van der Waals surface area contributed by atoms with Crippen molar-refractivity contribution in [1.82, 2.24) is 4.31 Å². The van der Waals surface area contributed by atoms with Gasteiger partial charge in [-0.3, -0.25) is 4.79 Å². The Labute approximate surface area is 195 Å². The van der Waals surface area contributed by atoms with E-state index in [2.05, 4.69) is 5.32 Å². The fraction of sp³-hybridized carbons (Fsp3) is 0.208. The summed E-state index contributed by atoms with van der Waals surface area (Å²) < 4.78 is 51.3. The summed E-state index contributed by atoms with van der Waals surface area (Å²) in [5, 5.41) is 2.78. The molecule has 3 aromatic rings. The van der Waals surface area contributed by atoms with E-state index in [0.717, 1.165) is 12.8 Å². The molecule has 1 amide bonds. The first-order valence-corrected chi connectivity index (χ1v) is 12.3. The number of nitrogens with one attached hydrogen (secondary N) is 1. The monoisotopic (exact) mass is 480 g/mol. The smallest absolute Gasteiger partial charge is 0.259 e. The number of hydrogen-bond acceptors (Lipinski definition) is 7. The minimum Gasteiger partial charge on any atom is -0.456 e. The van der Waals surface area contributed by atoms with Crippen molar-refractivity contribution in [1.29, 1.82) is 0 Å². The molecule has 0 aliphatic carbocycles. The van der Waals surface area contributed by atoms with E-state index in [4.69, 9.17) is 18.9 Å².